The molecule has 344 valence electrons. The van der Waals surface area contributed by atoms with Gasteiger partial charge in [0.2, 0.25) is 0 Å². The molecule has 16 rings (SSSR count). The van der Waals surface area contributed by atoms with E-state index in [2.05, 4.69) is 281 Å². The minimum absolute atomic E-state index is 0.464. The van der Waals surface area contributed by atoms with Crippen molar-refractivity contribution in [3.05, 3.63) is 289 Å². The van der Waals surface area contributed by atoms with Gasteiger partial charge in [-0.15, -0.1) is 0 Å². The Morgan fingerprint density at radius 2 is 0.878 bits per heavy atom. The first kappa shape index (κ1) is 40.9. The van der Waals surface area contributed by atoms with Crippen molar-refractivity contribution in [2.75, 3.05) is 4.90 Å². The lowest BCUT2D eigenvalue weighted by atomic mass is 9.70. The van der Waals surface area contributed by atoms with Gasteiger partial charge in [0, 0.05) is 38.8 Å². The number of benzene rings is 11. The molecule has 0 radical (unpaired) electrons. The van der Waals surface area contributed by atoms with Crippen molar-refractivity contribution in [2.24, 2.45) is 0 Å². The quantitative estimate of drug-likeness (QED) is 0.155. The Balaban J connectivity index is 0.892. The van der Waals surface area contributed by atoms with Gasteiger partial charge in [-0.3, -0.25) is 8.97 Å². The average Bonchev–Trinajstić information content (AvgIpc) is 4.24. The van der Waals surface area contributed by atoms with Crippen LogP contribution < -0.4 is 4.90 Å². The molecule has 3 aromatic heterocycles. The number of anilines is 3. The van der Waals surface area contributed by atoms with Crippen molar-refractivity contribution in [2.45, 2.75) is 5.41 Å². The standard InChI is InChI=1S/C70H44N4/c1-3-19-46(20-4-1)51-23-12-17-33-64(51)72(50-40-41-56-55-27-11-16-32-62(55)70(63(56)44-50)60-30-14-9-25-53(60)54-26-10-15-31-61(54)70)49-38-35-45(36-39-49)47-37-42-66-59(43-47)67-69(73(66)48-21-5-2-6-22-48)74-65-34-18-13-28-57(65)52-24-7-8-29-58(52)68(74)71-67/h1-44H. The van der Waals surface area contributed by atoms with Gasteiger partial charge in [-0.05, 0) is 127 Å². The smallest absolute Gasteiger partial charge is 0.151 e. The Hall–Kier alpha value is -9.77. The zero-order chi connectivity index (χ0) is 48.5. The van der Waals surface area contributed by atoms with Gasteiger partial charge in [-0.2, -0.15) is 0 Å². The summed E-state index contributed by atoms with van der Waals surface area (Å²) in [5, 5.41) is 4.67. The summed E-state index contributed by atoms with van der Waals surface area (Å²) < 4.78 is 4.77. The lowest BCUT2D eigenvalue weighted by Gasteiger charge is -2.32. The molecular formula is C70H44N4. The fraction of sp³-hybridized carbons (Fsp3) is 0.0143. The first-order chi connectivity index (χ1) is 36.7. The number of hydrogen-bond acceptors (Lipinski definition) is 2. The largest absolute Gasteiger partial charge is 0.310 e. The third kappa shape index (κ3) is 5.59. The van der Waals surface area contributed by atoms with Crippen LogP contribution in [0.4, 0.5) is 17.1 Å². The second-order valence-electron chi connectivity index (χ2n) is 19.8. The molecule has 0 unspecified atom stereocenters. The summed E-state index contributed by atoms with van der Waals surface area (Å²) in [4.78, 5) is 8.03. The molecule has 0 saturated heterocycles. The number of rotatable bonds is 6. The molecule has 4 nitrogen and oxygen atoms in total. The normalized spacial score (nSPS) is 13.0. The highest BCUT2D eigenvalue weighted by atomic mass is 15.2. The Labute approximate surface area is 427 Å². The number of hydrogen-bond donors (Lipinski definition) is 0. The van der Waals surface area contributed by atoms with Crippen molar-refractivity contribution in [1.29, 1.82) is 0 Å². The third-order valence-corrected chi connectivity index (χ3v) is 16.1. The van der Waals surface area contributed by atoms with E-state index in [1.54, 1.807) is 0 Å². The number of imidazole rings is 1. The number of para-hydroxylation sites is 3. The maximum Gasteiger partial charge on any atom is 0.151 e. The molecule has 2 aliphatic carbocycles. The second-order valence-corrected chi connectivity index (χ2v) is 19.8. The van der Waals surface area contributed by atoms with Gasteiger partial charge in [0.25, 0.3) is 0 Å². The predicted molar refractivity (Wildman–Crippen MR) is 306 cm³/mol. The van der Waals surface area contributed by atoms with Crippen LogP contribution in [0.5, 0.6) is 0 Å². The van der Waals surface area contributed by atoms with E-state index < -0.39 is 5.41 Å². The van der Waals surface area contributed by atoms with Gasteiger partial charge in [0.05, 0.1) is 22.1 Å². The van der Waals surface area contributed by atoms with E-state index in [1.165, 1.54) is 60.8 Å². The highest BCUT2D eigenvalue weighted by molar-refractivity contribution is 6.17. The summed E-state index contributed by atoms with van der Waals surface area (Å²) in [6.45, 7) is 0. The van der Waals surface area contributed by atoms with Gasteiger partial charge in [0.15, 0.2) is 5.65 Å². The molecule has 4 heteroatoms. The Morgan fingerprint density at radius 1 is 0.338 bits per heavy atom. The fourth-order valence-electron chi connectivity index (χ4n) is 13.1. The van der Waals surface area contributed by atoms with Crippen LogP contribution in [0, 0.1) is 0 Å². The predicted octanol–water partition coefficient (Wildman–Crippen LogP) is 17.9. The van der Waals surface area contributed by atoms with Crippen LogP contribution in [0.3, 0.4) is 0 Å². The van der Waals surface area contributed by atoms with Crippen molar-refractivity contribution in [1.82, 2.24) is 14.0 Å². The van der Waals surface area contributed by atoms with Crippen LogP contribution in [0.1, 0.15) is 22.3 Å². The molecule has 0 atom stereocenters. The van der Waals surface area contributed by atoms with Crippen LogP contribution in [0.15, 0.2) is 267 Å². The van der Waals surface area contributed by atoms with Crippen molar-refractivity contribution in [3.63, 3.8) is 0 Å². The first-order valence-corrected chi connectivity index (χ1v) is 25.5. The molecule has 0 fully saturated rings. The number of nitrogens with zero attached hydrogens (tertiary/aromatic N) is 4. The SMILES string of the molecule is c1ccc(-c2ccccc2N(c2ccc(-c3ccc4c(c3)c3nc5c6ccccc6c6ccccc6n5c3n4-c3ccccc3)cc2)c2ccc3c(c2)C2(c4ccccc4-c4ccccc42)c2ccccc2-3)cc1. The molecule has 74 heavy (non-hydrogen) atoms. The van der Waals surface area contributed by atoms with Crippen molar-refractivity contribution in [3.8, 4) is 50.2 Å². The van der Waals surface area contributed by atoms with Gasteiger partial charge >= 0.3 is 0 Å². The van der Waals surface area contributed by atoms with Crippen LogP contribution >= 0.6 is 0 Å². The topological polar surface area (TPSA) is 25.5 Å². The van der Waals surface area contributed by atoms with E-state index in [0.29, 0.717) is 0 Å². The van der Waals surface area contributed by atoms with Crippen molar-refractivity contribution >= 4 is 66.5 Å². The van der Waals surface area contributed by atoms with E-state index in [4.69, 9.17) is 4.98 Å². The Morgan fingerprint density at radius 3 is 1.58 bits per heavy atom. The summed E-state index contributed by atoms with van der Waals surface area (Å²) in [5.41, 5.74) is 24.3. The average molecular weight is 941 g/mol. The molecule has 3 heterocycles. The van der Waals surface area contributed by atoms with Gasteiger partial charge < -0.3 is 4.90 Å². The van der Waals surface area contributed by atoms with Gasteiger partial charge in [-0.25, -0.2) is 4.98 Å². The monoisotopic (exact) mass is 940 g/mol. The molecule has 11 aromatic carbocycles. The summed E-state index contributed by atoms with van der Waals surface area (Å²) in [7, 11) is 0. The molecule has 14 aromatic rings. The van der Waals surface area contributed by atoms with E-state index in [-0.39, 0.29) is 0 Å². The fourth-order valence-corrected chi connectivity index (χ4v) is 13.1. The van der Waals surface area contributed by atoms with E-state index in [9.17, 15) is 0 Å². The maximum atomic E-state index is 5.56. The number of aromatic nitrogens is 3. The van der Waals surface area contributed by atoms with E-state index >= 15 is 0 Å². The molecule has 0 amide bonds. The summed E-state index contributed by atoms with van der Waals surface area (Å²) in [6.07, 6.45) is 0. The van der Waals surface area contributed by atoms with Gasteiger partial charge in [0.1, 0.15) is 11.2 Å². The van der Waals surface area contributed by atoms with Crippen LogP contribution in [-0.4, -0.2) is 14.0 Å². The van der Waals surface area contributed by atoms with Gasteiger partial charge in [-0.1, -0.05) is 206 Å². The third-order valence-electron chi connectivity index (χ3n) is 16.1. The summed E-state index contributed by atoms with van der Waals surface area (Å²) in [6, 6.07) is 98.2. The van der Waals surface area contributed by atoms with Crippen LogP contribution in [0.2, 0.25) is 0 Å². The van der Waals surface area contributed by atoms with E-state index in [1.807, 2.05) is 0 Å². The van der Waals surface area contributed by atoms with Crippen LogP contribution in [0.25, 0.3) is 99.6 Å². The molecule has 0 bridgehead atoms. The number of fused-ring (bicyclic) bond motifs is 20. The second kappa shape index (κ2) is 15.6. The zero-order valence-corrected chi connectivity index (χ0v) is 40.2. The zero-order valence-electron chi connectivity index (χ0n) is 40.2. The molecule has 0 saturated carbocycles. The summed E-state index contributed by atoms with van der Waals surface area (Å²) in [5.74, 6) is 0. The molecule has 0 N–H and O–H groups in total. The molecule has 0 aliphatic heterocycles. The Kier molecular flexibility index (Phi) is 8.63. The molecular weight excluding hydrogens is 897 g/mol. The molecule has 1 spiro atoms. The minimum atomic E-state index is -0.464. The maximum absolute atomic E-state index is 5.56. The van der Waals surface area contributed by atoms with E-state index in [0.717, 1.165) is 78.1 Å². The minimum Gasteiger partial charge on any atom is -0.310 e. The lowest BCUT2D eigenvalue weighted by molar-refractivity contribution is 0.793. The Bertz CT molecular complexity index is 4540. The van der Waals surface area contributed by atoms with Crippen LogP contribution in [-0.2, 0) is 5.41 Å². The van der Waals surface area contributed by atoms with Crippen molar-refractivity contribution < 1.29 is 0 Å². The number of pyridine rings is 1. The lowest BCUT2D eigenvalue weighted by Crippen LogP contribution is -2.26. The summed E-state index contributed by atoms with van der Waals surface area (Å²) >= 11 is 0. The highest BCUT2D eigenvalue weighted by Crippen LogP contribution is 2.63. The molecule has 2 aliphatic rings. The highest BCUT2D eigenvalue weighted by Gasteiger charge is 2.51. The first-order valence-electron chi connectivity index (χ1n) is 25.5.